The zero-order valence-electron chi connectivity index (χ0n) is 16.6. The summed E-state index contributed by atoms with van der Waals surface area (Å²) < 4.78 is 1.25. The van der Waals surface area contributed by atoms with Crippen molar-refractivity contribution >= 4 is 22.4 Å². The van der Waals surface area contributed by atoms with Crippen molar-refractivity contribution in [3.63, 3.8) is 0 Å². The quantitative estimate of drug-likeness (QED) is 0.657. The molecule has 1 aliphatic heterocycles. The molecular formula is C21H23N5O3S. The number of H-pyrrole nitrogens is 1. The number of nitrogens with zero attached hydrogens (tertiary/aromatic N) is 3. The Morgan fingerprint density at radius 1 is 1.23 bits per heavy atom. The van der Waals surface area contributed by atoms with Gasteiger partial charge in [-0.2, -0.15) is 0 Å². The average molecular weight is 426 g/mol. The zero-order valence-corrected chi connectivity index (χ0v) is 17.4. The summed E-state index contributed by atoms with van der Waals surface area (Å²) in [6.07, 6.45) is 2.85. The molecule has 0 bridgehead atoms. The minimum absolute atomic E-state index is 0.0988. The Bertz CT molecular complexity index is 1170. The van der Waals surface area contributed by atoms with Crippen molar-refractivity contribution in [2.24, 2.45) is 0 Å². The molecule has 1 saturated heterocycles. The number of aryl methyl sites for hydroxylation is 1. The fourth-order valence-electron chi connectivity index (χ4n) is 4.08. The molecule has 3 heterocycles. The lowest BCUT2D eigenvalue weighted by Gasteiger charge is -2.41. The lowest BCUT2D eigenvalue weighted by molar-refractivity contribution is -0.133. The van der Waals surface area contributed by atoms with E-state index < -0.39 is 11.2 Å². The first-order valence-corrected chi connectivity index (χ1v) is 10.6. The SMILES string of the molecule is Cc1cn(CC(=O)N2CCC(c3ccccc3)(c3csc(N)n3)CC2)c(=O)[nH]c1=O. The van der Waals surface area contributed by atoms with Crippen LogP contribution in [0.3, 0.4) is 0 Å². The van der Waals surface area contributed by atoms with Gasteiger partial charge in [0.1, 0.15) is 6.54 Å². The number of piperidine rings is 1. The second kappa shape index (κ2) is 7.91. The molecule has 0 unspecified atom stereocenters. The van der Waals surface area contributed by atoms with Crippen molar-refractivity contribution in [2.45, 2.75) is 31.7 Å². The van der Waals surface area contributed by atoms with Crippen LogP contribution in [0.15, 0.2) is 51.5 Å². The highest BCUT2D eigenvalue weighted by Crippen LogP contribution is 2.42. The van der Waals surface area contributed by atoms with E-state index in [2.05, 4.69) is 22.1 Å². The molecule has 3 N–H and O–H groups in total. The van der Waals surface area contributed by atoms with Crippen LogP contribution in [0, 0.1) is 6.92 Å². The number of aromatic amines is 1. The highest BCUT2D eigenvalue weighted by molar-refractivity contribution is 7.13. The molecule has 30 heavy (non-hydrogen) atoms. The molecule has 9 heteroatoms. The lowest BCUT2D eigenvalue weighted by atomic mass is 9.70. The first-order chi connectivity index (χ1) is 14.4. The van der Waals surface area contributed by atoms with Gasteiger partial charge in [0, 0.05) is 35.6 Å². The third kappa shape index (κ3) is 3.68. The lowest BCUT2D eigenvalue weighted by Crippen LogP contribution is -2.47. The first kappa shape index (κ1) is 20.1. The van der Waals surface area contributed by atoms with E-state index in [0.717, 1.165) is 11.3 Å². The molecule has 0 saturated carbocycles. The average Bonchev–Trinajstić information content (AvgIpc) is 3.19. The number of thiazole rings is 1. The zero-order chi connectivity index (χ0) is 21.3. The van der Waals surface area contributed by atoms with E-state index in [1.807, 2.05) is 23.6 Å². The number of nitrogens with two attached hydrogens (primary N) is 1. The van der Waals surface area contributed by atoms with Gasteiger partial charge in [-0.3, -0.25) is 19.1 Å². The third-order valence-electron chi connectivity index (χ3n) is 5.80. The van der Waals surface area contributed by atoms with Gasteiger partial charge in [-0.25, -0.2) is 9.78 Å². The number of carbonyl (C=O) groups is 1. The highest BCUT2D eigenvalue weighted by Gasteiger charge is 2.40. The third-order valence-corrected chi connectivity index (χ3v) is 6.48. The van der Waals surface area contributed by atoms with Crippen molar-refractivity contribution in [2.75, 3.05) is 18.8 Å². The number of hydrogen-bond donors (Lipinski definition) is 2. The molecule has 8 nitrogen and oxygen atoms in total. The summed E-state index contributed by atoms with van der Waals surface area (Å²) in [7, 11) is 0. The number of amides is 1. The largest absolute Gasteiger partial charge is 0.375 e. The maximum absolute atomic E-state index is 12.8. The van der Waals surface area contributed by atoms with Crippen LogP contribution in [0.5, 0.6) is 0 Å². The van der Waals surface area contributed by atoms with Crippen LogP contribution in [-0.4, -0.2) is 38.4 Å². The normalized spacial score (nSPS) is 15.8. The number of hydrogen-bond acceptors (Lipinski definition) is 6. The van der Waals surface area contributed by atoms with Gasteiger partial charge in [0.15, 0.2) is 5.13 Å². The summed E-state index contributed by atoms with van der Waals surface area (Å²) in [5.41, 5.74) is 7.10. The van der Waals surface area contributed by atoms with E-state index >= 15 is 0 Å². The fraction of sp³-hybridized carbons (Fsp3) is 0.333. The summed E-state index contributed by atoms with van der Waals surface area (Å²) >= 11 is 1.42. The van der Waals surface area contributed by atoms with Gasteiger partial charge in [0.25, 0.3) is 5.56 Å². The Kier molecular flexibility index (Phi) is 5.29. The van der Waals surface area contributed by atoms with Crippen LogP contribution in [0.2, 0.25) is 0 Å². The predicted molar refractivity (Wildman–Crippen MR) is 116 cm³/mol. The Balaban J connectivity index is 1.55. The van der Waals surface area contributed by atoms with Crippen LogP contribution in [-0.2, 0) is 16.8 Å². The van der Waals surface area contributed by atoms with Gasteiger partial charge in [-0.15, -0.1) is 11.3 Å². The molecule has 1 aromatic carbocycles. The summed E-state index contributed by atoms with van der Waals surface area (Å²) in [5.74, 6) is -0.150. The van der Waals surface area contributed by atoms with Crippen LogP contribution in [0.4, 0.5) is 5.13 Å². The van der Waals surface area contributed by atoms with Crippen molar-refractivity contribution in [3.05, 3.63) is 79.6 Å². The molecule has 0 spiro atoms. The Morgan fingerprint density at radius 3 is 2.57 bits per heavy atom. The topological polar surface area (TPSA) is 114 Å². The van der Waals surface area contributed by atoms with E-state index in [9.17, 15) is 14.4 Å². The monoisotopic (exact) mass is 425 g/mol. The van der Waals surface area contributed by atoms with E-state index in [4.69, 9.17) is 5.73 Å². The number of anilines is 1. The standard InChI is InChI=1S/C21H23N5O3S/c1-14-11-26(20(29)24-18(14)28)12-17(27)25-9-7-21(8-10-25,15-5-3-2-4-6-15)16-13-30-19(22)23-16/h2-6,11,13H,7-10,12H2,1H3,(H2,22,23)(H,24,28,29). The van der Waals surface area contributed by atoms with Gasteiger partial charge in [0.2, 0.25) is 5.91 Å². The Hall–Kier alpha value is -3.20. The van der Waals surface area contributed by atoms with Gasteiger partial charge < -0.3 is 10.6 Å². The van der Waals surface area contributed by atoms with E-state index in [1.165, 1.54) is 22.1 Å². The number of aromatic nitrogens is 3. The van der Waals surface area contributed by atoms with Gasteiger partial charge in [-0.05, 0) is 25.3 Å². The summed E-state index contributed by atoms with van der Waals surface area (Å²) in [6.45, 7) is 2.59. The molecule has 0 atom stereocenters. The number of likely N-dealkylation sites (tertiary alicyclic amines) is 1. The Morgan fingerprint density at radius 2 is 1.93 bits per heavy atom. The molecule has 2 aromatic heterocycles. The van der Waals surface area contributed by atoms with Crippen molar-refractivity contribution in [1.82, 2.24) is 19.4 Å². The number of nitrogen functional groups attached to an aromatic ring is 1. The van der Waals surface area contributed by atoms with Crippen LogP contribution >= 0.6 is 11.3 Å². The second-order valence-electron chi connectivity index (χ2n) is 7.60. The molecule has 1 amide bonds. The van der Waals surface area contributed by atoms with E-state index in [1.54, 1.807) is 11.8 Å². The number of carbonyl (C=O) groups excluding carboxylic acids is 1. The van der Waals surface area contributed by atoms with E-state index in [0.29, 0.717) is 36.6 Å². The molecular weight excluding hydrogens is 402 g/mol. The first-order valence-electron chi connectivity index (χ1n) is 9.74. The van der Waals surface area contributed by atoms with Crippen LogP contribution in [0.1, 0.15) is 29.7 Å². The van der Waals surface area contributed by atoms with Crippen molar-refractivity contribution < 1.29 is 4.79 Å². The molecule has 156 valence electrons. The van der Waals surface area contributed by atoms with Crippen molar-refractivity contribution in [1.29, 1.82) is 0 Å². The molecule has 1 aliphatic rings. The maximum Gasteiger partial charge on any atom is 0.328 e. The summed E-state index contributed by atoms with van der Waals surface area (Å²) in [4.78, 5) is 45.0. The minimum atomic E-state index is -0.576. The van der Waals surface area contributed by atoms with Gasteiger partial charge >= 0.3 is 5.69 Å². The van der Waals surface area contributed by atoms with E-state index in [-0.39, 0.29) is 17.9 Å². The smallest absolute Gasteiger partial charge is 0.328 e. The Labute approximate surface area is 177 Å². The maximum atomic E-state index is 12.8. The molecule has 1 fully saturated rings. The number of nitrogens with one attached hydrogen (secondary N) is 1. The molecule has 0 radical (unpaired) electrons. The fourth-order valence-corrected chi connectivity index (χ4v) is 4.74. The summed E-state index contributed by atoms with van der Waals surface area (Å²) in [6, 6.07) is 10.2. The number of rotatable bonds is 4. The number of benzene rings is 1. The molecule has 0 aliphatic carbocycles. The van der Waals surface area contributed by atoms with Crippen LogP contribution in [0.25, 0.3) is 0 Å². The molecule has 4 rings (SSSR count). The van der Waals surface area contributed by atoms with Crippen LogP contribution < -0.4 is 17.0 Å². The second-order valence-corrected chi connectivity index (χ2v) is 8.49. The summed E-state index contributed by atoms with van der Waals surface area (Å²) in [5, 5.41) is 2.54. The van der Waals surface area contributed by atoms with Crippen molar-refractivity contribution in [3.8, 4) is 0 Å². The van der Waals surface area contributed by atoms with Gasteiger partial charge in [0.05, 0.1) is 5.69 Å². The van der Waals surface area contributed by atoms with Gasteiger partial charge in [-0.1, -0.05) is 30.3 Å². The molecule has 3 aromatic rings. The minimum Gasteiger partial charge on any atom is -0.375 e. The predicted octanol–water partition coefficient (Wildman–Crippen LogP) is 1.49. The highest BCUT2D eigenvalue weighted by atomic mass is 32.1.